The smallest absolute Gasteiger partial charge is 0.435 e. The molecule has 0 atom stereocenters. The van der Waals surface area contributed by atoms with Crippen LogP contribution in [0.4, 0.5) is 13.2 Å². The first-order valence-corrected chi connectivity index (χ1v) is 13.4. The normalized spacial score (nSPS) is 14.8. The van der Waals surface area contributed by atoms with Crippen LogP contribution in [0.2, 0.25) is 0 Å². The predicted molar refractivity (Wildman–Crippen MR) is 133 cm³/mol. The van der Waals surface area contributed by atoms with E-state index in [4.69, 9.17) is 4.42 Å². The first-order valence-electron chi connectivity index (χ1n) is 11.0. The zero-order chi connectivity index (χ0) is 26.5. The quantitative estimate of drug-likeness (QED) is 0.291. The molecule has 2 aromatic carbocycles. The molecule has 6 rings (SSSR count). The molecular weight excluding hydrogens is 541 g/mol. The number of halogens is 3. The summed E-state index contributed by atoms with van der Waals surface area (Å²) in [6, 6.07) is 18.4. The number of furan rings is 1. The van der Waals surface area contributed by atoms with Crippen molar-refractivity contribution < 1.29 is 26.0 Å². The van der Waals surface area contributed by atoms with Gasteiger partial charge in [0.05, 0.1) is 22.6 Å². The molecule has 1 aliphatic heterocycles. The van der Waals surface area contributed by atoms with Crippen LogP contribution in [0, 0.1) is 0 Å². The number of rotatable bonds is 5. The number of alkyl halides is 3. The molecule has 3 aromatic heterocycles. The maximum atomic E-state index is 13.4. The Hall–Kier alpha value is -4.17. The van der Waals surface area contributed by atoms with Crippen LogP contribution in [0.15, 0.2) is 92.8 Å². The van der Waals surface area contributed by atoms with E-state index in [2.05, 4.69) is 19.7 Å². The molecule has 9 nitrogen and oxygen atoms in total. The van der Waals surface area contributed by atoms with Gasteiger partial charge >= 0.3 is 6.18 Å². The molecule has 5 aromatic rings. The fourth-order valence-electron chi connectivity index (χ4n) is 3.88. The van der Waals surface area contributed by atoms with Crippen molar-refractivity contribution in [1.29, 1.82) is 0 Å². The number of benzene rings is 2. The van der Waals surface area contributed by atoms with E-state index in [1.807, 2.05) is 30.3 Å². The molecule has 0 aliphatic carbocycles. The molecule has 0 N–H and O–H groups in total. The van der Waals surface area contributed by atoms with Gasteiger partial charge in [-0.05, 0) is 36.4 Å². The van der Waals surface area contributed by atoms with Crippen molar-refractivity contribution in [3.63, 3.8) is 0 Å². The van der Waals surface area contributed by atoms with E-state index in [1.165, 1.54) is 48.4 Å². The van der Waals surface area contributed by atoms with E-state index in [-0.39, 0.29) is 27.2 Å². The molecule has 0 bridgehead atoms. The van der Waals surface area contributed by atoms with Crippen molar-refractivity contribution in [2.75, 3.05) is 0 Å². The molecule has 0 radical (unpaired) electrons. The van der Waals surface area contributed by atoms with Gasteiger partial charge in [0.25, 0.3) is 10.0 Å². The number of thioether (sulfide) groups is 1. The van der Waals surface area contributed by atoms with Crippen molar-refractivity contribution >= 4 is 27.0 Å². The molecule has 0 unspecified atom stereocenters. The van der Waals surface area contributed by atoms with Crippen LogP contribution in [-0.4, -0.2) is 38.1 Å². The number of hydrogen-bond donors (Lipinski definition) is 0. The summed E-state index contributed by atoms with van der Waals surface area (Å²) in [5.74, 6) is 1.62. The molecule has 0 saturated carbocycles. The second-order valence-corrected chi connectivity index (χ2v) is 10.6. The topological polar surface area (TPSA) is 108 Å². The molecule has 0 fully saturated rings. The fourth-order valence-corrected chi connectivity index (χ4v) is 6.02. The zero-order valence-electron chi connectivity index (χ0n) is 19.1. The minimum atomic E-state index is -4.68. The van der Waals surface area contributed by atoms with Crippen molar-refractivity contribution in [2.24, 2.45) is 4.40 Å². The van der Waals surface area contributed by atoms with Gasteiger partial charge in [-0.25, -0.2) is 4.68 Å². The third-order valence-electron chi connectivity index (χ3n) is 5.63. The van der Waals surface area contributed by atoms with Crippen molar-refractivity contribution in [1.82, 2.24) is 24.5 Å². The maximum Gasteiger partial charge on any atom is 0.435 e. The highest BCUT2D eigenvalue weighted by atomic mass is 32.2. The zero-order valence-corrected chi connectivity index (χ0v) is 20.7. The molecule has 192 valence electrons. The summed E-state index contributed by atoms with van der Waals surface area (Å²) >= 11 is 1.21. The summed E-state index contributed by atoms with van der Waals surface area (Å²) in [6.07, 6.45) is -3.34. The second kappa shape index (κ2) is 8.99. The lowest BCUT2D eigenvalue weighted by atomic mass is 10.2. The standard InChI is InChI=1S/C24H15F3N6O3S2/c25-24(26,27)20-13-18(19-7-4-12-36-19)33(30-20)16-8-10-17(11-9-16)38(34,35)31-23-32-21(14-37-23)28-29-22(32)15-5-2-1-3-6-15/h1-13H,14H2/b31-23-. The Morgan fingerprint density at radius 1 is 0.974 bits per heavy atom. The van der Waals surface area contributed by atoms with Crippen LogP contribution < -0.4 is 0 Å². The Labute approximate surface area is 217 Å². The second-order valence-electron chi connectivity index (χ2n) is 8.07. The third-order valence-corrected chi connectivity index (χ3v) is 7.97. The van der Waals surface area contributed by atoms with Gasteiger partial charge < -0.3 is 4.42 Å². The van der Waals surface area contributed by atoms with Crippen LogP contribution in [0.1, 0.15) is 11.5 Å². The minimum absolute atomic E-state index is 0.0640. The summed E-state index contributed by atoms with van der Waals surface area (Å²) in [6.45, 7) is 0. The summed E-state index contributed by atoms with van der Waals surface area (Å²) in [5, 5.41) is 12.2. The average molecular weight is 557 g/mol. The van der Waals surface area contributed by atoms with Gasteiger partial charge in [0.2, 0.25) is 0 Å². The lowest BCUT2D eigenvalue weighted by Crippen LogP contribution is -2.10. The average Bonchev–Trinajstić information content (AvgIpc) is 3.69. The summed E-state index contributed by atoms with van der Waals surface area (Å²) in [4.78, 5) is -0.139. The SMILES string of the molecule is O=S(=O)(/N=C1\SCc2nnc(-c3ccccc3)n21)c1ccc(-n2nc(C(F)(F)F)cc2-c2ccco2)cc1. The maximum absolute atomic E-state index is 13.4. The largest absolute Gasteiger partial charge is 0.463 e. The molecule has 38 heavy (non-hydrogen) atoms. The molecule has 14 heteroatoms. The van der Waals surface area contributed by atoms with Crippen LogP contribution in [0.25, 0.3) is 28.5 Å². The first-order chi connectivity index (χ1) is 18.2. The van der Waals surface area contributed by atoms with Gasteiger partial charge in [0.1, 0.15) is 11.5 Å². The molecular formula is C24H15F3N6O3S2. The van der Waals surface area contributed by atoms with E-state index in [1.54, 1.807) is 10.6 Å². The number of fused-ring (bicyclic) bond motifs is 1. The predicted octanol–water partition coefficient (Wildman–Crippen LogP) is 5.25. The molecule has 0 amide bonds. The highest BCUT2D eigenvalue weighted by Gasteiger charge is 2.36. The van der Waals surface area contributed by atoms with Gasteiger partial charge in [0.15, 0.2) is 22.4 Å². The molecule has 0 saturated heterocycles. The molecule has 0 spiro atoms. The van der Waals surface area contributed by atoms with Crippen LogP contribution in [0.5, 0.6) is 0 Å². The first kappa shape index (κ1) is 24.2. The van der Waals surface area contributed by atoms with E-state index >= 15 is 0 Å². The van der Waals surface area contributed by atoms with Crippen LogP contribution in [0.3, 0.4) is 0 Å². The minimum Gasteiger partial charge on any atom is -0.463 e. The Bertz CT molecular complexity index is 1760. The Kier molecular flexibility index (Phi) is 5.72. The van der Waals surface area contributed by atoms with E-state index in [0.29, 0.717) is 17.4 Å². The fraction of sp³-hybridized carbons (Fsp3) is 0.0833. The van der Waals surface area contributed by atoms with Gasteiger partial charge in [-0.3, -0.25) is 4.57 Å². The van der Waals surface area contributed by atoms with Gasteiger partial charge in [-0.1, -0.05) is 42.1 Å². The van der Waals surface area contributed by atoms with Crippen LogP contribution in [-0.2, 0) is 22.0 Å². The summed E-state index contributed by atoms with van der Waals surface area (Å²) in [5.41, 5.74) is -0.0763. The Morgan fingerprint density at radius 3 is 2.42 bits per heavy atom. The monoisotopic (exact) mass is 556 g/mol. The van der Waals surface area contributed by atoms with Crippen molar-refractivity contribution in [3.8, 4) is 28.5 Å². The Balaban J connectivity index is 1.35. The number of hydrogen-bond acceptors (Lipinski definition) is 7. The highest BCUT2D eigenvalue weighted by Crippen LogP contribution is 2.34. The van der Waals surface area contributed by atoms with Crippen molar-refractivity contribution in [3.05, 3.63) is 90.6 Å². The summed E-state index contributed by atoms with van der Waals surface area (Å²) in [7, 11) is -4.17. The summed E-state index contributed by atoms with van der Waals surface area (Å²) < 4.78 is 78.3. The Morgan fingerprint density at radius 2 is 1.74 bits per heavy atom. The third kappa shape index (κ3) is 4.31. The van der Waals surface area contributed by atoms with Crippen LogP contribution >= 0.6 is 11.8 Å². The van der Waals surface area contributed by atoms with E-state index < -0.39 is 21.9 Å². The number of sulfonamides is 1. The number of aromatic nitrogens is 5. The van der Waals surface area contributed by atoms with Gasteiger partial charge in [0, 0.05) is 11.6 Å². The molecule has 4 heterocycles. The lowest BCUT2D eigenvalue weighted by Gasteiger charge is -2.08. The molecule has 1 aliphatic rings. The highest BCUT2D eigenvalue weighted by molar-refractivity contribution is 8.14. The van der Waals surface area contributed by atoms with Crippen molar-refractivity contribution in [2.45, 2.75) is 16.8 Å². The lowest BCUT2D eigenvalue weighted by molar-refractivity contribution is -0.141. The van der Waals surface area contributed by atoms with Gasteiger partial charge in [-0.15, -0.1) is 14.6 Å². The van der Waals surface area contributed by atoms with E-state index in [0.717, 1.165) is 16.3 Å². The number of nitrogens with zero attached hydrogens (tertiary/aromatic N) is 6. The van der Waals surface area contributed by atoms with E-state index in [9.17, 15) is 21.6 Å². The van der Waals surface area contributed by atoms with Gasteiger partial charge in [-0.2, -0.15) is 26.7 Å².